The van der Waals surface area contributed by atoms with Crippen LogP contribution in [0.25, 0.3) is 0 Å². The molecule has 94 valence electrons. The molecule has 1 aromatic rings. The van der Waals surface area contributed by atoms with E-state index in [0.717, 1.165) is 0 Å². The van der Waals surface area contributed by atoms with Crippen molar-refractivity contribution in [2.24, 2.45) is 0 Å². The highest BCUT2D eigenvalue weighted by molar-refractivity contribution is 5.62. The van der Waals surface area contributed by atoms with Gasteiger partial charge in [0.1, 0.15) is 6.33 Å². The van der Waals surface area contributed by atoms with Crippen LogP contribution in [0.15, 0.2) is 6.33 Å². The first kappa shape index (κ1) is 13.1. The van der Waals surface area contributed by atoms with Crippen LogP contribution in [-0.4, -0.2) is 46.8 Å². The fraction of sp³-hybridized carbons (Fsp3) is 0.556. The molecule has 1 unspecified atom stereocenters. The second kappa shape index (κ2) is 5.39. The van der Waals surface area contributed by atoms with E-state index in [2.05, 4.69) is 9.97 Å². The Morgan fingerprint density at radius 1 is 1.65 bits per heavy atom. The monoisotopic (exact) mass is 242 g/mol. The molecule has 8 nitrogen and oxygen atoms in total. The molecule has 1 rings (SSSR count). The van der Waals surface area contributed by atoms with Crippen LogP contribution < -0.4 is 9.64 Å². The van der Waals surface area contributed by atoms with Crippen molar-refractivity contribution in [1.29, 1.82) is 0 Å². The zero-order chi connectivity index (χ0) is 13.0. The van der Waals surface area contributed by atoms with Crippen molar-refractivity contribution in [2.45, 2.75) is 13.0 Å². The Labute approximate surface area is 98.0 Å². The van der Waals surface area contributed by atoms with Crippen molar-refractivity contribution in [3.05, 3.63) is 16.4 Å². The van der Waals surface area contributed by atoms with Gasteiger partial charge in [-0.2, -0.15) is 4.98 Å². The van der Waals surface area contributed by atoms with Crippen LogP contribution in [0.1, 0.15) is 6.92 Å². The van der Waals surface area contributed by atoms with E-state index in [9.17, 15) is 15.2 Å². The smallest absolute Gasteiger partial charge is 0.372 e. The summed E-state index contributed by atoms with van der Waals surface area (Å²) in [5.41, 5.74) is -0.307. The van der Waals surface area contributed by atoms with Gasteiger partial charge in [-0.05, 0) is 6.92 Å². The second-order valence-corrected chi connectivity index (χ2v) is 3.54. The minimum absolute atomic E-state index is 0.0996. The summed E-state index contributed by atoms with van der Waals surface area (Å²) in [6.45, 7) is 1.81. The average molecular weight is 242 g/mol. The molecular formula is C9H14N4O4. The van der Waals surface area contributed by atoms with Crippen molar-refractivity contribution < 1.29 is 14.8 Å². The third-order valence-electron chi connectivity index (χ3n) is 2.04. The summed E-state index contributed by atoms with van der Waals surface area (Å²) in [7, 11) is 2.90. The number of hydrogen-bond acceptors (Lipinski definition) is 7. The van der Waals surface area contributed by atoms with Gasteiger partial charge in [0.25, 0.3) is 5.88 Å². The molecule has 0 amide bonds. The SMILES string of the molecule is COc1ncnc(N(C)CC(C)O)c1[N+](=O)[O-]. The van der Waals surface area contributed by atoms with Gasteiger partial charge in [0.2, 0.25) is 5.82 Å². The maximum absolute atomic E-state index is 10.9. The molecule has 1 aromatic heterocycles. The van der Waals surface area contributed by atoms with E-state index < -0.39 is 11.0 Å². The molecule has 0 spiro atoms. The van der Waals surface area contributed by atoms with E-state index in [1.807, 2.05) is 0 Å². The molecule has 0 aliphatic rings. The normalized spacial score (nSPS) is 12.0. The van der Waals surface area contributed by atoms with Gasteiger partial charge in [-0.25, -0.2) is 4.98 Å². The number of hydrogen-bond donors (Lipinski definition) is 1. The van der Waals surface area contributed by atoms with E-state index in [1.54, 1.807) is 14.0 Å². The van der Waals surface area contributed by atoms with Crippen LogP contribution >= 0.6 is 0 Å². The lowest BCUT2D eigenvalue weighted by Gasteiger charge is -2.19. The van der Waals surface area contributed by atoms with E-state index in [4.69, 9.17) is 4.74 Å². The summed E-state index contributed by atoms with van der Waals surface area (Å²) < 4.78 is 4.82. The van der Waals surface area contributed by atoms with Gasteiger partial charge in [0.15, 0.2) is 0 Å². The van der Waals surface area contributed by atoms with Crippen LogP contribution in [0.4, 0.5) is 11.5 Å². The van der Waals surface area contributed by atoms with Crippen molar-refractivity contribution >= 4 is 11.5 Å². The second-order valence-electron chi connectivity index (χ2n) is 3.54. The molecule has 1 N–H and O–H groups in total. The Morgan fingerprint density at radius 2 is 2.29 bits per heavy atom. The molecule has 1 atom stereocenters. The third kappa shape index (κ3) is 3.00. The van der Waals surface area contributed by atoms with Crippen LogP contribution in [0.5, 0.6) is 5.88 Å². The highest BCUT2D eigenvalue weighted by Gasteiger charge is 2.26. The third-order valence-corrected chi connectivity index (χ3v) is 2.04. The predicted molar refractivity (Wildman–Crippen MR) is 60.2 cm³/mol. The minimum Gasteiger partial charge on any atom is -0.476 e. The van der Waals surface area contributed by atoms with E-state index >= 15 is 0 Å². The van der Waals surface area contributed by atoms with Crippen molar-refractivity contribution in [1.82, 2.24) is 9.97 Å². The molecule has 0 fully saturated rings. The quantitative estimate of drug-likeness (QED) is 0.581. The Morgan fingerprint density at radius 3 is 2.76 bits per heavy atom. The predicted octanol–water partition coefficient (Wildman–Crippen LogP) is 0.210. The largest absolute Gasteiger partial charge is 0.476 e. The number of likely N-dealkylation sites (N-methyl/N-ethyl adjacent to an activating group) is 1. The highest BCUT2D eigenvalue weighted by atomic mass is 16.6. The molecule has 8 heteroatoms. The van der Waals surface area contributed by atoms with Crippen molar-refractivity contribution in [3.63, 3.8) is 0 Å². The summed E-state index contributed by atoms with van der Waals surface area (Å²) in [6, 6.07) is 0. The Balaban J connectivity index is 3.18. The summed E-state index contributed by atoms with van der Waals surface area (Å²) in [4.78, 5) is 19.3. The zero-order valence-electron chi connectivity index (χ0n) is 9.82. The summed E-state index contributed by atoms with van der Waals surface area (Å²) >= 11 is 0. The molecule has 0 radical (unpaired) electrons. The summed E-state index contributed by atoms with van der Waals surface area (Å²) in [5.74, 6) is 0.0141. The number of anilines is 1. The molecule has 0 aliphatic carbocycles. The summed E-state index contributed by atoms with van der Waals surface area (Å²) in [6.07, 6.45) is 0.556. The lowest BCUT2D eigenvalue weighted by molar-refractivity contribution is -0.385. The summed E-state index contributed by atoms with van der Waals surface area (Å²) in [5, 5.41) is 20.2. The van der Waals surface area contributed by atoms with E-state index in [-0.39, 0.29) is 23.9 Å². The fourth-order valence-corrected chi connectivity index (χ4v) is 1.43. The topological polar surface area (TPSA) is 102 Å². The lowest BCUT2D eigenvalue weighted by atomic mass is 10.3. The first-order valence-corrected chi connectivity index (χ1v) is 4.90. The molecule has 0 aromatic carbocycles. The molecule has 0 saturated heterocycles. The number of nitrogens with zero attached hydrogens (tertiary/aromatic N) is 4. The highest BCUT2D eigenvalue weighted by Crippen LogP contribution is 2.32. The van der Waals surface area contributed by atoms with Crippen molar-refractivity contribution in [2.75, 3.05) is 25.6 Å². The van der Waals surface area contributed by atoms with Crippen LogP contribution in [0.3, 0.4) is 0 Å². The van der Waals surface area contributed by atoms with Gasteiger partial charge in [0, 0.05) is 13.6 Å². The lowest BCUT2D eigenvalue weighted by Crippen LogP contribution is -2.28. The van der Waals surface area contributed by atoms with Crippen molar-refractivity contribution in [3.8, 4) is 5.88 Å². The van der Waals surface area contributed by atoms with Crippen LogP contribution in [0.2, 0.25) is 0 Å². The Kier molecular flexibility index (Phi) is 4.16. The minimum atomic E-state index is -0.624. The standard InChI is InChI=1S/C9H14N4O4/c1-6(14)4-12(2)8-7(13(15)16)9(17-3)11-5-10-8/h5-6,14H,4H2,1-3H3. The van der Waals surface area contributed by atoms with Crippen LogP contribution in [0, 0.1) is 10.1 Å². The zero-order valence-corrected chi connectivity index (χ0v) is 9.82. The molecule has 17 heavy (non-hydrogen) atoms. The maximum atomic E-state index is 10.9. The Hall–Kier alpha value is -1.96. The first-order chi connectivity index (χ1) is 7.97. The Bertz CT molecular complexity index is 410. The molecular weight excluding hydrogens is 228 g/mol. The van der Waals surface area contributed by atoms with Gasteiger partial charge >= 0.3 is 5.69 Å². The number of rotatable bonds is 5. The van der Waals surface area contributed by atoms with Gasteiger partial charge < -0.3 is 14.7 Å². The van der Waals surface area contributed by atoms with Crippen LogP contribution in [-0.2, 0) is 0 Å². The number of nitro groups is 1. The van der Waals surface area contributed by atoms with Gasteiger partial charge in [0.05, 0.1) is 18.1 Å². The van der Waals surface area contributed by atoms with E-state index in [1.165, 1.54) is 18.3 Å². The maximum Gasteiger partial charge on any atom is 0.372 e. The number of methoxy groups -OCH3 is 1. The number of aliphatic hydroxyl groups is 1. The van der Waals surface area contributed by atoms with Gasteiger partial charge in [-0.15, -0.1) is 0 Å². The first-order valence-electron chi connectivity index (χ1n) is 4.90. The van der Waals surface area contributed by atoms with Gasteiger partial charge in [-0.3, -0.25) is 10.1 Å². The molecule has 0 bridgehead atoms. The van der Waals surface area contributed by atoms with E-state index in [0.29, 0.717) is 0 Å². The number of ether oxygens (including phenoxy) is 1. The molecule has 0 aliphatic heterocycles. The number of aliphatic hydroxyl groups excluding tert-OH is 1. The average Bonchev–Trinajstić information content (AvgIpc) is 2.26. The number of aromatic nitrogens is 2. The van der Waals surface area contributed by atoms with Gasteiger partial charge in [-0.1, -0.05) is 0 Å². The molecule has 0 saturated carbocycles. The fourth-order valence-electron chi connectivity index (χ4n) is 1.43. The molecule has 1 heterocycles.